The first-order valence-electron chi connectivity index (χ1n) is 17.1. The topological polar surface area (TPSA) is 51.2 Å². The fraction of sp³-hybridized carbons (Fsp3) is 0.676. The van der Waals surface area contributed by atoms with Gasteiger partial charge in [0.15, 0.2) is 0 Å². The number of likely N-dealkylation sites (N-methyl/N-ethyl adjacent to an activating group) is 1. The highest BCUT2D eigenvalue weighted by molar-refractivity contribution is 6.00. The van der Waals surface area contributed by atoms with Crippen LogP contribution in [-0.2, 0) is 4.79 Å². The van der Waals surface area contributed by atoms with Gasteiger partial charge in [0.2, 0.25) is 11.9 Å². The largest absolute Gasteiger partial charge is 0.351 e. The number of rotatable bonds is 18. The number of carbonyl (C=O) groups is 1. The normalized spacial score (nSPS) is 22.7. The number of allylic oxidation sites excluding steroid dienone is 6. The molecular formula is C37H63N5O. The van der Waals surface area contributed by atoms with Gasteiger partial charge in [-0.1, -0.05) is 101 Å². The molecular weight excluding hydrogens is 530 g/mol. The van der Waals surface area contributed by atoms with Crippen LogP contribution in [0, 0.1) is 11.8 Å². The summed E-state index contributed by atoms with van der Waals surface area (Å²) in [5.74, 6) is 1.36. The Morgan fingerprint density at radius 1 is 1.14 bits per heavy atom. The third kappa shape index (κ3) is 12.2. The molecule has 0 aromatic carbocycles. The van der Waals surface area contributed by atoms with E-state index in [4.69, 9.17) is 0 Å². The van der Waals surface area contributed by atoms with Crippen molar-refractivity contribution in [2.75, 3.05) is 40.3 Å². The molecule has 6 nitrogen and oxygen atoms in total. The van der Waals surface area contributed by atoms with Gasteiger partial charge in [-0.15, -0.1) is 0 Å². The number of nitrogens with zero attached hydrogens (tertiary/aromatic N) is 4. The summed E-state index contributed by atoms with van der Waals surface area (Å²) in [5, 5.41) is 7.40. The summed E-state index contributed by atoms with van der Waals surface area (Å²) in [6.45, 7) is 19.0. The Labute approximate surface area is 264 Å². The van der Waals surface area contributed by atoms with Gasteiger partial charge in [0, 0.05) is 39.8 Å². The zero-order chi connectivity index (χ0) is 31.6. The minimum atomic E-state index is -0.108. The second kappa shape index (κ2) is 20.5. The Bertz CT molecular complexity index is 1010. The lowest BCUT2D eigenvalue weighted by Gasteiger charge is -2.42. The number of nitrogens with one attached hydrogen (secondary N) is 1. The van der Waals surface area contributed by atoms with E-state index in [1.54, 1.807) is 23.2 Å². The van der Waals surface area contributed by atoms with Crippen LogP contribution < -0.4 is 5.32 Å². The average molecular weight is 594 g/mol. The summed E-state index contributed by atoms with van der Waals surface area (Å²) in [5.41, 5.74) is 4.59. The fourth-order valence-corrected chi connectivity index (χ4v) is 6.16. The maximum absolute atomic E-state index is 13.7. The SMILES string of the molecule is C=C/C=C(\CCC(C)CC)CN(C)N1C(=O)C(C)[C@H](CCCN2CCC(CC)=C(C/C=C\C/C=C/CC)CC2)N/C1=N/C. The molecule has 0 radical (unpaired) electrons. The Morgan fingerprint density at radius 2 is 1.86 bits per heavy atom. The second-order valence-electron chi connectivity index (χ2n) is 12.5. The van der Waals surface area contributed by atoms with Crippen LogP contribution in [0.2, 0.25) is 0 Å². The summed E-state index contributed by atoms with van der Waals surface area (Å²) in [4.78, 5) is 20.8. The molecule has 0 aliphatic carbocycles. The minimum Gasteiger partial charge on any atom is -0.351 e. The van der Waals surface area contributed by atoms with E-state index in [0.29, 0.717) is 18.4 Å². The van der Waals surface area contributed by atoms with Gasteiger partial charge in [0.25, 0.3) is 0 Å². The number of hydrogen-bond acceptors (Lipinski definition) is 4. The van der Waals surface area contributed by atoms with Crippen molar-refractivity contribution in [3.63, 3.8) is 0 Å². The fourth-order valence-electron chi connectivity index (χ4n) is 6.16. The molecule has 0 saturated carbocycles. The van der Waals surface area contributed by atoms with Crippen LogP contribution >= 0.6 is 0 Å². The predicted octanol–water partition coefficient (Wildman–Crippen LogP) is 8.08. The summed E-state index contributed by atoms with van der Waals surface area (Å²) in [7, 11) is 3.76. The van der Waals surface area contributed by atoms with Crippen molar-refractivity contribution in [3.8, 4) is 0 Å². The van der Waals surface area contributed by atoms with Crippen molar-refractivity contribution in [2.24, 2.45) is 16.8 Å². The molecule has 2 aliphatic rings. The first-order chi connectivity index (χ1) is 20.8. The van der Waals surface area contributed by atoms with Crippen molar-refractivity contribution in [1.82, 2.24) is 20.2 Å². The highest BCUT2D eigenvalue weighted by Crippen LogP contribution is 2.26. The van der Waals surface area contributed by atoms with Crippen LogP contribution in [0.1, 0.15) is 105 Å². The van der Waals surface area contributed by atoms with E-state index in [2.05, 4.69) is 86.8 Å². The molecule has 2 heterocycles. The van der Waals surface area contributed by atoms with Crippen molar-refractivity contribution < 1.29 is 4.79 Å². The van der Waals surface area contributed by atoms with Crippen LogP contribution in [0.15, 0.2) is 64.7 Å². The lowest BCUT2D eigenvalue weighted by molar-refractivity contribution is -0.144. The minimum absolute atomic E-state index is 0.100. The zero-order valence-electron chi connectivity index (χ0n) is 28.7. The van der Waals surface area contributed by atoms with Gasteiger partial charge in [-0.25, -0.2) is 10.0 Å². The van der Waals surface area contributed by atoms with E-state index < -0.39 is 0 Å². The number of hydrogen-bond donors (Lipinski definition) is 1. The van der Waals surface area contributed by atoms with Gasteiger partial charge in [0.1, 0.15) is 0 Å². The van der Waals surface area contributed by atoms with E-state index in [-0.39, 0.29) is 17.9 Å². The van der Waals surface area contributed by atoms with Gasteiger partial charge in [-0.3, -0.25) is 9.79 Å². The van der Waals surface area contributed by atoms with Crippen LogP contribution in [0.4, 0.5) is 0 Å². The molecule has 0 bridgehead atoms. The third-order valence-corrected chi connectivity index (χ3v) is 9.29. The molecule has 1 amide bonds. The van der Waals surface area contributed by atoms with Gasteiger partial charge in [0.05, 0.1) is 5.92 Å². The average Bonchev–Trinajstić information content (AvgIpc) is 3.20. The van der Waals surface area contributed by atoms with Gasteiger partial charge < -0.3 is 10.2 Å². The smallest absolute Gasteiger partial charge is 0.248 e. The Balaban J connectivity index is 1.90. The highest BCUT2D eigenvalue weighted by atomic mass is 16.2. The summed E-state index contributed by atoms with van der Waals surface area (Å²) in [6.07, 6.45) is 25.3. The molecule has 1 saturated heterocycles. The second-order valence-corrected chi connectivity index (χ2v) is 12.5. The molecule has 1 N–H and O–H groups in total. The number of hydrazine groups is 1. The van der Waals surface area contributed by atoms with Crippen LogP contribution in [0.3, 0.4) is 0 Å². The molecule has 43 heavy (non-hydrogen) atoms. The molecule has 0 spiro atoms. The van der Waals surface area contributed by atoms with Crippen molar-refractivity contribution in [1.29, 1.82) is 0 Å². The van der Waals surface area contributed by atoms with Crippen LogP contribution in [-0.4, -0.2) is 73.1 Å². The quantitative estimate of drug-likeness (QED) is 0.129. The van der Waals surface area contributed by atoms with E-state index in [1.165, 1.54) is 24.8 Å². The zero-order valence-corrected chi connectivity index (χ0v) is 28.7. The molecule has 2 unspecified atom stereocenters. The number of guanidine groups is 1. The van der Waals surface area contributed by atoms with E-state index in [0.717, 1.165) is 71.0 Å². The maximum atomic E-state index is 13.7. The Morgan fingerprint density at radius 3 is 2.51 bits per heavy atom. The Hall–Kier alpha value is -2.44. The monoisotopic (exact) mass is 594 g/mol. The maximum Gasteiger partial charge on any atom is 0.248 e. The highest BCUT2D eigenvalue weighted by Gasteiger charge is 2.38. The van der Waals surface area contributed by atoms with Gasteiger partial charge in [-0.2, -0.15) is 0 Å². The number of aliphatic imine (C=N–C) groups is 1. The molecule has 0 aromatic heterocycles. The molecule has 2 aliphatic heterocycles. The molecule has 1 fully saturated rings. The van der Waals surface area contributed by atoms with Crippen LogP contribution in [0.5, 0.6) is 0 Å². The molecule has 2 rings (SSSR count). The Kier molecular flexibility index (Phi) is 17.5. The standard InChI is InChI=1S/C37H63N5O/c1-9-13-14-15-16-17-20-34-25-28-41(27-24-33(34)12-4)26-18-21-35-31(6)36(43)42(37(38-7)39-35)40(8)29-32(19-10-2)23-22-30(5)11-3/h10,13-14,16-17,19,30-31,35H,2,9,11-12,15,18,20-29H2,1,3-8H3,(H,38,39)/b14-13+,17-16-,32-19+/t30?,31?,35-/m0/s1. The summed E-state index contributed by atoms with van der Waals surface area (Å²) in [6, 6.07) is 0.100. The van der Waals surface area contributed by atoms with Crippen LogP contribution in [0.25, 0.3) is 0 Å². The number of carbonyl (C=O) groups excluding carboxylic acids is 1. The number of amides is 1. The molecule has 242 valence electrons. The van der Waals surface area contributed by atoms with Crippen molar-refractivity contribution in [3.05, 3.63) is 59.8 Å². The van der Waals surface area contributed by atoms with E-state index >= 15 is 0 Å². The predicted molar refractivity (Wildman–Crippen MR) is 186 cm³/mol. The third-order valence-electron chi connectivity index (χ3n) is 9.29. The first-order valence-corrected chi connectivity index (χ1v) is 17.1. The van der Waals surface area contributed by atoms with Crippen molar-refractivity contribution >= 4 is 11.9 Å². The van der Waals surface area contributed by atoms with Gasteiger partial charge >= 0.3 is 0 Å². The van der Waals surface area contributed by atoms with Gasteiger partial charge in [-0.05, 0) is 76.7 Å². The summed E-state index contributed by atoms with van der Waals surface area (Å²) >= 11 is 0. The lowest BCUT2D eigenvalue weighted by Crippen LogP contribution is -2.64. The summed E-state index contributed by atoms with van der Waals surface area (Å²) < 4.78 is 0. The van der Waals surface area contributed by atoms with E-state index in [1.807, 2.05) is 18.1 Å². The molecule has 3 atom stereocenters. The van der Waals surface area contributed by atoms with Crippen molar-refractivity contribution in [2.45, 2.75) is 111 Å². The molecule has 0 aromatic rings. The molecule has 6 heteroatoms. The van der Waals surface area contributed by atoms with E-state index in [9.17, 15) is 4.79 Å². The lowest BCUT2D eigenvalue weighted by atomic mass is 9.94. The first kappa shape index (κ1) is 36.8.